The fraction of sp³-hybridized carbons (Fsp3) is 0.348. The Labute approximate surface area is 170 Å². The quantitative estimate of drug-likeness (QED) is 0.367. The second kappa shape index (κ2) is 8.57. The first-order chi connectivity index (χ1) is 13.3. The third-order valence-corrected chi connectivity index (χ3v) is 7.56. The molecule has 0 radical (unpaired) electrons. The van der Waals surface area contributed by atoms with E-state index in [2.05, 4.69) is 42.2 Å². The molecule has 0 bridgehead atoms. The summed E-state index contributed by atoms with van der Waals surface area (Å²) in [6.07, 6.45) is 7.68. The van der Waals surface area contributed by atoms with Crippen molar-refractivity contribution < 1.29 is 4.79 Å². The Kier molecular flexibility index (Phi) is 5.94. The summed E-state index contributed by atoms with van der Waals surface area (Å²) < 4.78 is 0. The van der Waals surface area contributed by atoms with Crippen LogP contribution >= 0.6 is 23.5 Å². The van der Waals surface area contributed by atoms with Crippen LogP contribution in [0.5, 0.6) is 0 Å². The summed E-state index contributed by atoms with van der Waals surface area (Å²) in [6, 6.07) is 16.5. The highest BCUT2D eigenvalue weighted by Crippen LogP contribution is 2.52. The van der Waals surface area contributed by atoms with Crippen LogP contribution in [-0.4, -0.2) is 12.3 Å². The number of carbonyl (C=O) groups excluding carboxylic acids is 1. The average molecular weight is 396 g/mol. The number of hydrogen-bond acceptors (Lipinski definition) is 4. The monoisotopic (exact) mass is 395 g/mol. The molecule has 0 fully saturated rings. The van der Waals surface area contributed by atoms with E-state index in [1.807, 2.05) is 18.2 Å². The topological polar surface area (TPSA) is 20.3 Å². The average Bonchev–Trinajstić information content (AvgIpc) is 3.23. The van der Waals surface area contributed by atoms with Gasteiger partial charge in [-0.1, -0.05) is 86.8 Å². The fourth-order valence-electron chi connectivity index (χ4n) is 3.64. The van der Waals surface area contributed by atoms with Crippen molar-refractivity contribution in [1.82, 2.24) is 0 Å². The van der Waals surface area contributed by atoms with Crippen molar-refractivity contribution in [2.24, 2.45) is 0 Å². The summed E-state index contributed by atoms with van der Waals surface area (Å²) in [5.74, 6) is 0.179. The molecule has 0 amide bonds. The van der Waals surface area contributed by atoms with E-state index in [4.69, 9.17) is 0 Å². The molecular weight excluding hydrogens is 370 g/mol. The Morgan fingerprint density at radius 3 is 2.33 bits per heavy atom. The van der Waals surface area contributed by atoms with E-state index in [0.29, 0.717) is 0 Å². The number of fused-ring (bicyclic) bond motifs is 2. The van der Waals surface area contributed by atoms with E-state index < -0.39 is 0 Å². The van der Waals surface area contributed by atoms with E-state index in [-0.39, 0.29) is 5.78 Å². The van der Waals surface area contributed by atoms with Crippen molar-refractivity contribution in [2.75, 3.05) is 11.4 Å². The van der Waals surface area contributed by atoms with Crippen LogP contribution in [0.15, 0.2) is 68.3 Å². The van der Waals surface area contributed by atoms with Gasteiger partial charge in [0, 0.05) is 21.9 Å². The molecule has 2 aromatic rings. The summed E-state index contributed by atoms with van der Waals surface area (Å²) in [5, 5.41) is 1.12. The highest BCUT2D eigenvalue weighted by atomic mass is 32.2. The number of para-hydroxylation sites is 1. The number of hydrogen-bond donors (Lipinski definition) is 0. The maximum absolute atomic E-state index is 13.0. The van der Waals surface area contributed by atoms with Gasteiger partial charge in [-0.15, -0.1) is 0 Å². The van der Waals surface area contributed by atoms with Crippen LogP contribution in [0.3, 0.4) is 0 Å². The molecule has 0 N–H and O–H groups in total. The van der Waals surface area contributed by atoms with Crippen LogP contribution in [0.1, 0.15) is 55.8 Å². The van der Waals surface area contributed by atoms with Crippen molar-refractivity contribution in [3.05, 3.63) is 64.0 Å². The number of ketones is 1. The number of allylic oxidation sites excluding steroid dienone is 1. The van der Waals surface area contributed by atoms with Crippen LogP contribution in [0.25, 0.3) is 0 Å². The molecule has 2 aromatic carbocycles. The lowest BCUT2D eigenvalue weighted by Crippen LogP contribution is -2.21. The van der Waals surface area contributed by atoms with Crippen LogP contribution in [0, 0.1) is 0 Å². The van der Waals surface area contributed by atoms with E-state index in [9.17, 15) is 4.79 Å². The molecule has 0 aliphatic carbocycles. The summed E-state index contributed by atoms with van der Waals surface area (Å²) >= 11 is 3.39. The SMILES string of the molecule is CCCCCCCCN1C(=C2Sc3ccccc3C2=O)Sc2ccccc21. The molecule has 2 aliphatic heterocycles. The highest BCUT2D eigenvalue weighted by molar-refractivity contribution is 8.08. The highest BCUT2D eigenvalue weighted by Gasteiger charge is 2.34. The molecule has 2 nitrogen and oxygen atoms in total. The van der Waals surface area contributed by atoms with E-state index in [0.717, 1.165) is 26.9 Å². The number of rotatable bonds is 7. The lowest BCUT2D eigenvalue weighted by molar-refractivity contribution is 0.104. The normalized spacial score (nSPS) is 18.1. The first kappa shape index (κ1) is 18.7. The zero-order valence-electron chi connectivity index (χ0n) is 15.7. The first-order valence-electron chi connectivity index (χ1n) is 9.90. The van der Waals surface area contributed by atoms with Gasteiger partial charge in [0.2, 0.25) is 5.78 Å². The lowest BCUT2D eigenvalue weighted by Gasteiger charge is -2.21. The third-order valence-electron chi connectivity index (χ3n) is 5.09. The smallest absolute Gasteiger partial charge is 0.203 e. The fourth-order valence-corrected chi connectivity index (χ4v) is 6.05. The van der Waals surface area contributed by atoms with Crippen molar-refractivity contribution >= 4 is 35.0 Å². The van der Waals surface area contributed by atoms with Gasteiger partial charge in [0.15, 0.2) is 0 Å². The van der Waals surface area contributed by atoms with E-state index in [1.54, 1.807) is 23.5 Å². The van der Waals surface area contributed by atoms with Gasteiger partial charge in [-0.3, -0.25) is 4.79 Å². The summed E-state index contributed by atoms with van der Waals surface area (Å²) in [4.78, 5) is 18.6. The molecule has 2 heterocycles. The minimum absolute atomic E-state index is 0.179. The second-order valence-corrected chi connectivity index (χ2v) is 9.13. The molecule has 0 unspecified atom stereocenters. The minimum Gasteiger partial charge on any atom is -0.334 e. The van der Waals surface area contributed by atoms with Crippen LogP contribution in [0.2, 0.25) is 0 Å². The van der Waals surface area contributed by atoms with Crippen molar-refractivity contribution in [2.45, 2.75) is 55.2 Å². The second-order valence-electron chi connectivity index (χ2n) is 7.05. The van der Waals surface area contributed by atoms with Gasteiger partial charge in [0.1, 0.15) is 0 Å². The Morgan fingerprint density at radius 2 is 1.52 bits per heavy atom. The standard InChI is InChI=1S/C23H25NOS2/c1-2-3-4-5-6-11-16-24-18-13-8-10-15-20(18)27-23(24)22-21(25)17-12-7-9-14-19(17)26-22/h7-10,12-15H,2-6,11,16H2,1H3. The van der Waals surface area contributed by atoms with Crippen LogP contribution in [0.4, 0.5) is 5.69 Å². The Bertz CT molecular complexity index is 874. The van der Waals surface area contributed by atoms with E-state index in [1.165, 1.54) is 49.1 Å². The van der Waals surface area contributed by atoms with Crippen molar-refractivity contribution in [3.63, 3.8) is 0 Å². The van der Waals surface area contributed by atoms with Gasteiger partial charge in [-0.2, -0.15) is 0 Å². The number of nitrogens with zero attached hydrogens (tertiary/aromatic N) is 1. The molecular formula is C23H25NOS2. The van der Waals surface area contributed by atoms with Crippen molar-refractivity contribution in [3.8, 4) is 0 Å². The predicted molar refractivity (Wildman–Crippen MR) is 117 cm³/mol. The number of Topliss-reactive ketones (excluding diaryl/α,β-unsaturated/α-hetero) is 1. The van der Waals surface area contributed by atoms with Crippen LogP contribution in [-0.2, 0) is 0 Å². The molecule has 0 aromatic heterocycles. The number of anilines is 1. The molecule has 2 aliphatic rings. The largest absolute Gasteiger partial charge is 0.334 e. The number of thioether (sulfide) groups is 2. The molecule has 140 valence electrons. The Balaban J connectivity index is 1.56. The zero-order valence-corrected chi connectivity index (χ0v) is 17.4. The molecule has 0 atom stereocenters. The molecule has 4 heteroatoms. The van der Waals surface area contributed by atoms with Crippen LogP contribution < -0.4 is 4.90 Å². The maximum Gasteiger partial charge on any atom is 0.203 e. The molecule has 0 saturated carbocycles. The first-order valence-corrected chi connectivity index (χ1v) is 11.5. The van der Waals surface area contributed by atoms with Crippen molar-refractivity contribution in [1.29, 1.82) is 0 Å². The number of carbonyl (C=O) groups is 1. The lowest BCUT2D eigenvalue weighted by atomic mass is 10.1. The van der Waals surface area contributed by atoms with Gasteiger partial charge >= 0.3 is 0 Å². The molecule has 27 heavy (non-hydrogen) atoms. The summed E-state index contributed by atoms with van der Waals surface area (Å²) in [5.41, 5.74) is 2.10. The predicted octanol–water partition coefficient (Wildman–Crippen LogP) is 7.12. The van der Waals surface area contributed by atoms with E-state index >= 15 is 0 Å². The molecule has 0 saturated heterocycles. The van der Waals surface area contributed by atoms with Gasteiger partial charge in [-0.25, -0.2) is 0 Å². The summed E-state index contributed by atoms with van der Waals surface area (Å²) in [6.45, 7) is 3.24. The minimum atomic E-state index is 0.179. The Hall–Kier alpha value is -1.65. The Morgan fingerprint density at radius 1 is 0.815 bits per heavy atom. The number of unbranched alkanes of at least 4 members (excludes halogenated alkanes) is 5. The molecule has 4 rings (SSSR count). The maximum atomic E-state index is 13.0. The zero-order chi connectivity index (χ0) is 18.6. The van der Waals surface area contributed by atoms with Gasteiger partial charge in [-0.05, 0) is 30.7 Å². The third kappa shape index (κ3) is 3.83. The van der Waals surface area contributed by atoms with Gasteiger partial charge < -0.3 is 4.90 Å². The van der Waals surface area contributed by atoms with Gasteiger partial charge in [0.05, 0.1) is 15.6 Å². The summed E-state index contributed by atoms with van der Waals surface area (Å²) in [7, 11) is 0. The van der Waals surface area contributed by atoms with Gasteiger partial charge in [0.25, 0.3) is 0 Å². The number of benzene rings is 2. The molecule has 0 spiro atoms.